The van der Waals surface area contributed by atoms with E-state index >= 15 is 0 Å². The lowest BCUT2D eigenvalue weighted by molar-refractivity contribution is -0.159. The number of nitrogens with one attached hydrogen (secondary N) is 1. The SMILES string of the molecule is COc1ccc(CN2CCC(C(=O)NCc3ccc(C)cc3)CC2)cc1OC.O=C(O)C(=O)O. The summed E-state index contributed by atoms with van der Waals surface area (Å²) in [4.78, 5) is 33.1. The first-order valence-electron chi connectivity index (χ1n) is 11.0. The minimum absolute atomic E-state index is 0.104. The summed E-state index contributed by atoms with van der Waals surface area (Å²) in [5.41, 5.74) is 3.57. The van der Waals surface area contributed by atoms with Gasteiger partial charge in [0.15, 0.2) is 11.5 Å². The summed E-state index contributed by atoms with van der Waals surface area (Å²) in [6.07, 6.45) is 1.79. The van der Waals surface area contributed by atoms with Crippen LogP contribution in [0.2, 0.25) is 0 Å². The molecule has 0 aliphatic carbocycles. The van der Waals surface area contributed by atoms with E-state index in [4.69, 9.17) is 29.3 Å². The van der Waals surface area contributed by atoms with Crippen LogP contribution in [0.15, 0.2) is 42.5 Å². The van der Waals surface area contributed by atoms with Gasteiger partial charge in [-0.05, 0) is 56.1 Å². The lowest BCUT2D eigenvalue weighted by Crippen LogP contribution is -2.40. The molecule has 34 heavy (non-hydrogen) atoms. The number of carbonyl (C=O) groups excluding carboxylic acids is 1. The van der Waals surface area contributed by atoms with Crippen molar-refractivity contribution in [2.45, 2.75) is 32.9 Å². The molecule has 0 saturated carbocycles. The predicted molar refractivity (Wildman–Crippen MR) is 126 cm³/mol. The van der Waals surface area contributed by atoms with Gasteiger partial charge in [0.05, 0.1) is 14.2 Å². The van der Waals surface area contributed by atoms with Crippen LogP contribution in [0.25, 0.3) is 0 Å². The zero-order valence-electron chi connectivity index (χ0n) is 19.7. The number of aliphatic carboxylic acids is 2. The van der Waals surface area contributed by atoms with Crippen molar-refractivity contribution in [3.05, 3.63) is 59.2 Å². The highest BCUT2D eigenvalue weighted by molar-refractivity contribution is 6.27. The van der Waals surface area contributed by atoms with Crippen molar-refractivity contribution < 1.29 is 34.1 Å². The van der Waals surface area contributed by atoms with Crippen LogP contribution in [-0.4, -0.2) is 60.3 Å². The average molecular weight is 473 g/mol. The van der Waals surface area contributed by atoms with Crippen molar-refractivity contribution in [2.24, 2.45) is 5.92 Å². The number of piperidine rings is 1. The number of carboxylic acid groups (broad SMARTS) is 2. The minimum atomic E-state index is -1.82. The molecule has 1 saturated heterocycles. The van der Waals surface area contributed by atoms with Gasteiger partial charge in [-0.1, -0.05) is 35.9 Å². The summed E-state index contributed by atoms with van der Waals surface area (Å²) in [5, 5.41) is 17.9. The van der Waals surface area contributed by atoms with Gasteiger partial charge >= 0.3 is 11.9 Å². The van der Waals surface area contributed by atoms with Gasteiger partial charge in [-0.2, -0.15) is 0 Å². The summed E-state index contributed by atoms with van der Waals surface area (Å²) >= 11 is 0. The first kappa shape index (κ1) is 26.7. The molecule has 9 heteroatoms. The number of carbonyl (C=O) groups is 3. The van der Waals surface area contributed by atoms with E-state index < -0.39 is 11.9 Å². The second kappa shape index (κ2) is 13.2. The van der Waals surface area contributed by atoms with Gasteiger partial charge in [-0.25, -0.2) is 9.59 Å². The Balaban J connectivity index is 0.000000604. The number of methoxy groups -OCH3 is 2. The molecule has 1 heterocycles. The maximum absolute atomic E-state index is 12.5. The lowest BCUT2D eigenvalue weighted by Gasteiger charge is -2.31. The van der Waals surface area contributed by atoms with E-state index in [2.05, 4.69) is 47.5 Å². The van der Waals surface area contributed by atoms with Gasteiger partial charge in [-0.15, -0.1) is 0 Å². The largest absolute Gasteiger partial charge is 0.493 e. The number of likely N-dealkylation sites (tertiary alicyclic amines) is 1. The molecule has 1 amide bonds. The van der Waals surface area contributed by atoms with Crippen molar-refractivity contribution in [1.29, 1.82) is 0 Å². The summed E-state index contributed by atoms with van der Waals surface area (Å²) in [5.74, 6) is -1.87. The van der Waals surface area contributed by atoms with Crippen LogP contribution in [0.4, 0.5) is 0 Å². The van der Waals surface area contributed by atoms with Gasteiger partial charge in [0.1, 0.15) is 0 Å². The smallest absolute Gasteiger partial charge is 0.414 e. The highest BCUT2D eigenvalue weighted by Crippen LogP contribution is 2.28. The Morgan fingerprint density at radius 1 is 0.912 bits per heavy atom. The molecule has 2 aromatic rings. The number of hydrogen-bond acceptors (Lipinski definition) is 6. The molecule has 0 aromatic heterocycles. The fraction of sp³-hybridized carbons (Fsp3) is 0.400. The number of aryl methyl sites for hydroxylation is 1. The zero-order valence-corrected chi connectivity index (χ0v) is 19.7. The van der Waals surface area contributed by atoms with Gasteiger partial charge in [0, 0.05) is 19.0 Å². The lowest BCUT2D eigenvalue weighted by atomic mass is 9.95. The molecule has 0 bridgehead atoms. The van der Waals surface area contributed by atoms with Crippen LogP contribution in [0.5, 0.6) is 11.5 Å². The fourth-order valence-electron chi connectivity index (χ4n) is 3.63. The Kier molecular flexibility index (Phi) is 10.3. The number of rotatable bonds is 7. The molecule has 1 aliphatic rings. The first-order chi connectivity index (χ1) is 16.2. The molecular weight excluding hydrogens is 440 g/mol. The van der Waals surface area contributed by atoms with Crippen molar-refractivity contribution in [1.82, 2.24) is 10.2 Å². The maximum Gasteiger partial charge on any atom is 0.414 e. The van der Waals surface area contributed by atoms with E-state index in [1.165, 1.54) is 11.1 Å². The summed E-state index contributed by atoms with van der Waals surface area (Å²) in [6.45, 7) is 5.38. The molecule has 2 aromatic carbocycles. The second-order valence-electron chi connectivity index (χ2n) is 8.05. The summed E-state index contributed by atoms with van der Waals surface area (Å²) in [7, 11) is 3.30. The van der Waals surface area contributed by atoms with E-state index in [0.717, 1.165) is 49.5 Å². The Hall–Kier alpha value is -3.59. The Morgan fingerprint density at radius 3 is 2.00 bits per heavy atom. The number of nitrogens with zero attached hydrogens (tertiary/aromatic N) is 1. The van der Waals surface area contributed by atoms with Crippen LogP contribution in [0.1, 0.15) is 29.5 Å². The van der Waals surface area contributed by atoms with Crippen molar-refractivity contribution >= 4 is 17.8 Å². The molecule has 0 radical (unpaired) electrons. The fourth-order valence-corrected chi connectivity index (χ4v) is 3.63. The topological polar surface area (TPSA) is 125 Å². The number of amides is 1. The van der Waals surface area contributed by atoms with Gasteiger partial charge in [0.25, 0.3) is 0 Å². The molecule has 3 rings (SSSR count). The minimum Gasteiger partial charge on any atom is -0.493 e. The van der Waals surface area contributed by atoms with Gasteiger partial charge in [-0.3, -0.25) is 9.69 Å². The van der Waals surface area contributed by atoms with Crippen LogP contribution < -0.4 is 14.8 Å². The highest BCUT2D eigenvalue weighted by Gasteiger charge is 2.25. The monoisotopic (exact) mass is 472 g/mol. The summed E-state index contributed by atoms with van der Waals surface area (Å²) in [6, 6.07) is 14.3. The number of hydrogen-bond donors (Lipinski definition) is 3. The van der Waals surface area contributed by atoms with E-state index in [-0.39, 0.29) is 11.8 Å². The van der Waals surface area contributed by atoms with Crippen molar-refractivity contribution in [3.8, 4) is 11.5 Å². The Morgan fingerprint density at radius 2 is 1.47 bits per heavy atom. The van der Waals surface area contributed by atoms with Crippen LogP contribution in [0.3, 0.4) is 0 Å². The standard InChI is InChI=1S/C23H30N2O3.C2H2O4/c1-17-4-6-18(7-5-17)15-24-23(26)20-10-12-25(13-11-20)16-19-8-9-21(27-2)22(14-19)28-3;3-1(4)2(5)6/h4-9,14,20H,10-13,15-16H2,1-3H3,(H,24,26);(H,3,4)(H,5,6). The molecule has 3 N–H and O–H groups in total. The highest BCUT2D eigenvalue weighted by atomic mass is 16.5. The van der Waals surface area contributed by atoms with E-state index in [9.17, 15) is 4.79 Å². The normalized spacial score (nSPS) is 13.9. The maximum atomic E-state index is 12.5. The van der Waals surface area contributed by atoms with Crippen LogP contribution in [0, 0.1) is 12.8 Å². The first-order valence-corrected chi connectivity index (χ1v) is 11.0. The quantitative estimate of drug-likeness (QED) is 0.525. The third-order valence-electron chi connectivity index (χ3n) is 5.58. The van der Waals surface area contributed by atoms with Gasteiger partial charge in [0.2, 0.25) is 5.91 Å². The number of benzene rings is 2. The molecular formula is C25H32N2O7. The molecule has 0 spiro atoms. The molecule has 1 fully saturated rings. The Labute approximate surface area is 199 Å². The third-order valence-corrected chi connectivity index (χ3v) is 5.58. The van der Waals surface area contributed by atoms with Crippen LogP contribution >= 0.6 is 0 Å². The average Bonchev–Trinajstić information content (AvgIpc) is 2.84. The van der Waals surface area contributed by atoms with Crippen molar-refractivity contribution in [3.63, 3.8) is 0 Å². The number of carboxylic acids is 2. The zero-order chi connectivity index (χ0) is 25.1. The molecule has 0 unspecified atom stereocenters. The molecule has 184 valence electrons. The van der Waals surface area contributed by atoms with Crippen molar-refractivity contribution in [2.75, 3.05) is 27.3 Å². The molecule has 9 nitrogen and oxygen atoms in total. The van der Waals surface area contributed by atoms with Gasteiger partial charge < -0.3 is 25.0 Å². The Bertz CT molecular complexity index is 956. The van der Waals surface area contributed by atoms with E-state index in [1.807, 2.05) is 12.1 Å². The van der Waals surface area contributed by atoms with Crippen LogP contribution in [-0.2, 0) is 27.5 Å². The predicted octanol–water partition coefficient (Wildman–Crippen LogP) is 2.70. The van der Waals surface area contributed by atoms with E-state index in [1.54, 1.807) is 14.2 Å². The summed E-state index contributed by atoms with van der Waals surface area (Å²) < 4.78 is 10.7. The molecule has 0 atom stereocenters. The number of ether oxygens (including phenoxy) is 2. The third kappa shape index (κ3) is 8.40. The second-order valence-corrected chi connectivity index (χ2v) is 8.05. The molecule has 1 aliphatic heterocycles. The van der Waals surface area contributed by atoms with E-state index in [0.29, 0.717) is 6.54 Å².